The van der Waals surface area contributed by atoms with E-state index >= 15 is 0 Å². The van der Waals surface area contributed by atoms with Crippen LogP contribution in [0.2, 0.25) is 0 Å². The van der Waals surface area contributed by atoms with Crippen LogP contribution in [-0.4, -0.2) is 36.9 Å². The largest absolute Gasteiger partial charge is 0.480 e. The quantitative estimate of drug-likeness (QED) is 0.911. The summed E-state index contributed by atoms with van der Waals surface area (Å²) in [6.07, 6.45) is 0. The lowest BCUT2D eigenvalue weighted by Crippen LogP contribution is -2.39. The number of halogens is 1. The molecule has 1 aromatic heterocycles. The summed E-state index contributed by atoms with van der Waals surface area (Å²) < 4.78 is 25.4. The average Bonchev–Trinajstić information content (AvgIpc) is 2.62. The highest BCUT2D eigenvalue weighted by atomic mass is 79.9. The summed E-state index contributed by atoms with van der Waals surface area (Å²) >= 11 is 4.16. The molecule has 1 atom stereocenters. The van der Waals surface area contributed by atoms with E-state index in [1.54, 1.807) is 11.4 Å². The Hall–Kier alpha value is -0.440. The summed E-state index contributed by atoms with van der Waals surface area (Å²) in [4.78, 5) is 10.7. The SMILES string of the molecule is C[C@@H](C(=O)O)N(C)S(=O)(=O)c1sccc1Br. The Labute approximate surface area is 106 Å². The molecule has 0 bridgehead atoms. The first-order valence-corrected chi connectivity index (χ1v) is 7.33. The van der Waals surface area contributed by atoms with Gasteiger partial charge in [-0.25, -0.2) is 8.42 Å². The van der Waals surface area contributed by atoms with Gasteiger partial charge in [0, 0.05) is 11.5 Å². The number of carboxylic acids is 1. The molecule has 0 aliphatic heterocycles. The molecular weight excluding hydrogens is 318 g/mol. The van der Waals surface area contributed by atoms with E-state index in [0.29, 0.717) is 4.47 Å². The molecule has 8 heteroatoms. The fourth-order valence-corrected chi connectivity index (χ4v) is 4.76. The van der Waals surface area contributed by atoms with Crippen molar-refractivity contribution < 1.29 is 18.3 Å². The van der Waals surface area contributed by atoms with Gasteiger partial charge in [0.2, 0.25) is 0 Å². The summed E-state index contributed by atoms with van der Waals surface area (Å²) in [7, 11) is -2.50. The maximum Gasteiger partial charge on any atom is 0.321 e. The smallest absolute Gasteiger partial charge is 0.321 e. The second-order valence-corrected chi connectivity index (χ2v) is 7.05. The van der Waals surface area contributed by atoms with Crippen LogP contribution in [0.4, 0.5) is 0 Å². The number of carbonyl (C=O) groups is 1. The first-order valence-electron chi connectivity index (χ1n) is 4.22. The summed E-state index contributed by atoms with van der Waals surface area (Å²) in [5.41, 5.74) is 0. The highest BCUT2D eigenvalue weighted by Crippen LogP contribution is 2.30. The molecule has 0 saturated heterocycles. The second kappa shape index (κ2) is 4.82. The van der Waals surface area contributed by atoms with Crippen LogP contribution in [0, 0.1) is 0 Å². The Morgan fingerprint density at radius 3 is 2.56 bits per heavy atom. The lowest BCUT2D eigenvalue weighted by atomic mass is 10.4. The highest BCUT2D eigenvalue weighted by Gasteiger charge is 2.31. The highest BCUT2D eigenvalue weighted by molar-refractivity contribution is 9.10. The van der Waals surface area contributed by atoms with Gasteiger partial charge < -0.3 is 5.11 Å². The number of aliphatic carboxylic acids is 1. The summed E-state index contributed by atoms with van der Waals surface area (Å²) in [5.74, 6) is -1.18. The molecule has 0 fully saturated rings. The fourth-order valence-electron chi connectivity index (χ4n) is 0.958. The van der Waals surface area contributed by atoms with Crippen molar-refractivity contribution in [3.8, 4) is 0 Å². The van der Waals surface area contributed by atoms with Crippen LogP contribution in [0.3, 0.4) is 0 Å². The number of thiophene rings is 1. The zero-order chi connectivity index (χ0) is 12.5. The molecule has 0 spiro atoms. The monoisotopic (exact) mass is 327 g/mol. The van der Waals surface area contributed by atoms with Crippen molar-refractivity contribution in [1.29, 1.82) is 0 Å². The topological polar surface area (TPSA) is 74.7 Å². The number of carboxylic acid groups (broad SMARTS) is 1. The van der Waals surface area contributed by atoms with E-state index in [2.05, 4.69) is 15.9 Å². The van der Waals surface area contributed by atoms with Gasteiger partial charge in [-0.3, -0.25) is 4.79 Å². The molecule has 90 valence electrons. The molecule has 0 aromatic carbocycles. The van der Waals surface area contributed by atoms with Gasteiger partial charge in [0.15, 0.2) is 0 Å². The maximum absolute atomic E-state index is 12.0. The van der Waals surface area contributed by atoms with Crippen molar-refractivity contribution in [2.75, 3.05) is 7.05 Å². The predicted molar refractivity (Wildman–Crippen MR) is 64.1 cm³/mol. The summed E-state index contributed by atoms with van der Waals surface area (Å²) in [6, 6.07) is 0.510. The van der Waals surface area contributed by atoms with Gasteiger partial charge in [0.05, 0.1) is 0 Å². The molecular formula is C8H10BrNO4S2. The van der Waals surface area contributed by atoms with Crippen LogP contribution in [0.1, 0.15) is 6.92 Å². The van der Waals surface area contributed by atoms with E-state index in [9.17, 15) is 13.2 Å². The van der Waals surface area contributed by atoms with E-state index in [4.69, 9.17) is 5.11 Å². The number of likely N-dealkylation sites (N-methyl/N-ethyl adjacent to an activating group) is 1. The minimum absolute atomic E-state index is 0.114. The Bertz CT molecular complexity index is 496. The molecule has 0 radical (unpaired) electrons. The van der Waals surface area contributed by atoms with Crippen LogP contribution in [-0.2, 0) is 14.8 Å². The lowest BCUT2D eigenvalue weighted by Gasteiger charge is -2.20. The number of nitrogens with zero attached hydrogens (tertiary/aromatic N) is 1. The first-order chi connectivity index (χ1) is 7.28. The van der Waals surface area contributed by atoms with Crippen molar-refractivity contribution in [2.24, 2.45) is 0 Å². The normalized spacial score (nSPS) is 14.0. The van der Waals surface area contributed by atoms with Gasteiger partial charge in [0.25, 0.3) is 10.0 Å². The van der Waals surface area contributed by atoms with Gasteiger partial charge >= 0.3 is 5.97 Å². The van der Waals surface area contributed by atoms with Crippen molar-refractivity contribution in [2.45, 2.75) is 17.2 Å². The van der Waals surface area contributed by atoms with Crippen molar-refractivity contribution in [3.05, 3.63) is 15.9 Å². The molecule has 1 rings (SSSR count). The predicted octanol–water partition coefficient (Wildman–Crippen LogP) is 1.60. The molecule has 1 aromatic rings. The number of hydrogen-bond donors (Lipinski definition) is 1. The molecule has 0 amide bonds. The van der Waals surface area contributed by atoms with Crippen molar-refractivity contribution in [3.63, 3.8) is 0 Å². The van der Waals surface area contributed by atoms with Crippen LogP contribution in [0.5, 0.6) is 0 Å². The molecule has 0 saturated carbocycles. The van der Waals surface area contributed by atoms with Crippen molar-refractivity contribution in [1.82, 2.24) is 4.31 Å². The van der Waals surface area contributed by atoms with Gasteiger partial charge in [-0.2, -0.15) is 4.31 Å². The number of sulfonamides is 1. The van der Waals surface area contributed by atoms with Crippen LogP contribution >= 0.6 is 27.3 Å². The van der Waals surface area contributed by atoms with E-state index in [-0.39, 0.29) is 4.21 Å². The molecule has 1 heterocycles. The van der Waals surface area contributed by atoms with Crippen LogP contribution in [0.25, 0.3) is 0 Å². The molecule has 0 unspecified atom stereocenters. The summed E-state index contributed by atoms with van der Waals surface area (Å²) in [6.45, 7) is 1.32. The Morgan fingerprint density at radius 2 is 2.19 bits per heavy atom. The van der Waals surface area contributed by atoms with Crippen LogP contribution in [0.15, 0.2) is 20.1 Å². The first kappa shape index (κ1) is 13.6. The standard InChI is InChI=1S/C8H10BrNO4S2/c1-5(7(11)12)10(2)16(13,14)8-6(9)3-4-15-8/h3-5H,1-2H3,(H,11,12)/t5-/m0/s1. The van der Waals surface area contributed by atoms with Gasteiger partial charge in [-0.15, -0.1) is 11.3 Å². The Kier molecular flexibility index (Phi) is 4.11. The zero-order valence-corrected chi connectivity index (χ0v) is 11.8. The lowest BCUT2D eigenvalue weighted by molar-refractivity contribution is -0.140. The molecule has 0 aliphatic carbocycles. The van der Waals surface area contributed by atoms with E-state index in [1.165, 1.54) is 14.0 Å². The zero-order valence-electron chi connectivity index (χ0n) is 8.55. The van der Waals surface area contributed by atoms with E-state index in [1.807, 2.05) is 0 Å². The second-order valence-electron chi connectivity index (χ2n) is 3.09. The molecule has 0 aliphatic rings. The Morgan fingerprint density at radius 1 is 1.62 bits per heavy atom. The van der Waals surface area contributed by atoms with Gasteiger partial charge in [-0.05, 0) is 34.3 Å². The van der Waals surface area contributed by atoms with Crippen molar-refractivity contribution >= 4 is 43.3 Å². The summed E-state index contributed by atoms with van der Waals surface area (Å²) in [5, 5.41) is 10.4. The maximum atomic E-state index is 12.0. The third-order valence-corrected chi connectivity index (χ3v) is 6.68. The van der Waals surface area contributed by atoms with E-state index < -0.39 is 22.0 Å². The average molecular weight is 328 g/mol. The molecule has 16 heavy (non-hydrogen) atoms. The fraction of sp³-hybridized carbons (Fsp3) is 0.375. The molecule has 5 nitrogen and oxygen atoms in total. The minimum atomic E-state index is -3.75. The van der Waals surface area contributed by atoms with Crippen LogP contribution < -0.4 is 0 Å². The molecule has 1 N–H and O–H groups in total. The number of hydrogen-bond acceptors (Lipinski definition) is 4. The third kappa shape index (κ3) is 2.45. The number of rotatable bonds is 4. The van der Waals surface area contributed by atoms with Gasteiger partial charge in [-0.1, -0.05) is 0 Å². The van der Waals surface area contributed by atoms with E-state index in [0.717, 1.165) is 15.6 Å². The minimum Gasteiger partial charge on any atom is -0.480 e. The van der Waals surface area contributed by atoms with Gasteiger partial charge in [0.1, 0.15) is 10.3 Å². The third-order valence-electron chi connectivity index (χ3n) is 2.10. The Balaban J connectivity index is 3.13.